The average molecular weight is 284 g/mol. The second-order valence-corrected chi connectivity index (χ2v) is 5.62. The third-order valence-corrected chi connectivity index (χ3v) is 4.02. The molecular weight excluding hydrogens is 271 g/mol. The van der Waals surface area contributed by atoms with Crippen LogP contribution in [0.1, 0.15) is 0 Å². The van der Waals surface area contributed by atoms with Gasteiger partial charge in [-0.3, -0.25) is 0 Å². The molecule has 1 aromatic carbocycles. The lowest BCUT2D eigenvalue weighted by Gasteiger charge is -2.09. The lowest BCUT2D eigenvalue weighted by Crippen LogP contribution is -2.27. The summed E-state index contributed by atoms with van der Waals surface area (Å²) in [5, 5.41) is 0. The van der Waals surface area contributed by atoms with Gasteiger partial charge in [-0.1, -0.05) is 0 Å². The second-order valence-electron chi connectivity index (χ2n) is 3.88. The molecule has 19 heavy (non-hydrogen) atoms. The molecule has 0 saturated heterocycles. The standard InChI is InChI=1S/C11H13FN4O2S/c12-9-1-2-11(10(13)7-9)19(17,18)15-4-6-16-5-3-14-8-16/h1-3,5,7-8,15H,4,6,13H2. The fourth-order valence-electron chi connectivity index (χ4n) is 1.57. The molecule has 0 atom stereocenters. The van der Waals surface area contributed by atoms with Crippen LogP contribution < -0.4 is 10.5 Å². The van der Waals surface area contributed by atoms with Crippen LogP contribution in [0, 0.1) is 5.82 Å². The Kier molecular flexibility index (Phi) is 3.82. The topological polar surface area (TPSA) is 90.0 Å². The molecule has 2 rings (SSSR count). The highest BCUT2D eigenvalue weighted by Crippen LogP contribution is 2.18. The summed E-state index contributed by atoms with van der Waals surface area (Å²) >= 11 is 0. The van der Waals surface area contributed by atoms with Crippen molar-refractivity contribution in [3.05, 3.63) is 42.7 Å². The van der Waals surface area contributed by atoms with Gasteiger partial charge in [-0.15, -0.1) is 0 Å². The zero-order valence-electron chi connectivity index (χ0n) is 9.95. The van der Waals surface area contributed by atoms with E-state index in [0.717, 1.165) is 18.2 Å². The first-order chi connectivity index (χ1) is 8.99. The molecule has 0 aliphatic rings. The smallest absolute Gasteiger partial charge is 0.242 e. The molecule has 0 amide bonds. The van der Waals surface area contributed by atoms with Crippen LogP contribution in [0.2, 0.25) is 0 Å². The van der Waals surface area contributed by atoms with E-state index in [2.05, 4.69) is 9.71 Å². The molecule has 2 aromatic rings. The van der Waals surface area contributed by atoms with Gasteiger partial charge in [-0.05, 0) is 18.2 Å². The van der Waals surface area contributed by atoms with Crippen molar-refractivity contribution in [3.8, 4) is 0 Å². The first-order valence-electron chi connectivity index (χ1n) is 5.49. The Hall–Kier alpha value is -1.93. The normalized spacial score (nSPS) is 11.6. The number of aromatic nitrogens is 2. The molecule has 0 fully saturated rings. The summed E-state index contributed by atoms with van der Waals surface area (Å²) in [6.07, 6.45) is 4.91. The number of nitrogens with zero attached hydrogens (tertiary/aromatic N) is 2. The summed E-state index contributed by atoms with van der Waals surface area (Å²) < 4.78 is 40.9. The number of sulfonamides is 1. The van der Waals surface area contributed by atoms with E-state index in [1.807, 2.05) is 0 Å². The van der Waals surface area contributed by atoms with Crippen molar-refractivity contribution in [2.75, 3.05) is 12.3 Å². The zero-order chi connectivity index (χ0) is 13.9. The van der Waals surface area contributed by atoms with Gasteiger partial charge in [0.1, 0.15) is 10.7 Å². The van der Waals surface area contributed by atoms with Crippen LogP contribution >= 0.6 is 0 Å². The van der Waals surface area contributed by atoms with E-state index in [0.29, 0.717) is 6.54 Å². The Balaban J connectivity index is 2.05. The van der Waals surface area contributed by atoms with Crippen LogP contribution in [0.5, 0.6) is 0 Å². The van der Waals surface area contributed by atoms with Crippen LogP contribution in [0.15, 0.2) is 41.8 Å². The van der Waals surface area contributed by atoms with Gasteiger partial charge < -0.3 is 10.3 Å². The molecule has 3 N–H and O–H groups in total. The number of hydrogen-bond donors (Lipinski definition) is 2. The maximum absolute atomic E-state index is 12.9. The fraction of sp³-hybridized carbons (Fsp3) is 0.182. The molecule has 0 spiro atoms. The molecule has 6 nitrogen and oxygen atoms in total. The third-order valence-electron chi connectivity index (χ3n) is 2.48. The van der Waals surface area contributed by atoms with Crippen molar-refractivity contribution in [1.82, 2.24) is 14.3 Å². The molecule has 0 aliphatic heterocycles. The molecule has 0 bridgehead atoms. The monoisotopic (exact) mass is 284 g/mol. The third kappa shape index (κ3) is 3.30. The molecule has 0 saturated carbocycles. The highest BCUT2D eigenvalue weighted by atomic mass is 32.2. The van der Waals surface area contributed by atoms with E-state index in [1.54, 1.807) is 23.3 Å². The fourth-order valence-corrected chi connectivity index (χ4v) is 2.70. The number of halogens is 1. The lowest BCUT2D eigenvalue weighted by molar-refractivity contribution is 0.572. The number of nitrogens with one attached hydrogen (secondary N) is 1. The quantitative estimate of drug-likeness (QED) is 0.786. The van der Waals surface area contributed by atoms with Gasteiger partial charge in [0.05, 0.1) is 12.0 Å². The Morgan fingerprint density at radius 1 is 1.42 bits per heavy atom. The number of imidazole rings is 1. The molecule has 1 heterocycles. The van der Waals surface area contributed by atoms with Crippen molar-refractivity contribution in [2.24, 2.45) is 0 Å². The van der Waals surface area contributed by atoms with Crippen molar-refractivity contribution >= 4 is 15.7 Å². The highest BCUT2D eigenvalue weighted by Gasteiger charge is 2.17. The van der Waals surface area contributed by atoms with Crippen LogP contribution in [0.3, 0.4) is 0 Å². The van der Waals surface area contributed by atoms with Gasteiger partial charge in [0.25, 0.3) is 0 Å². The lowest BCUT2D eigenvalue weighted by atomic mass is 10.3. The summed E-state index contributed by atoms with van der Waals surface area (Å²) in [5.74, 6) is -0.574. The van der Waals surface area contributed by atoms with Crippen LogP contribution in [-0.2, 0) is 16.6 Å². The van der Waals surface area contributed by atoms with E-state index in [1.165, 1.54) is 0 Å². The van der Waals surface area contributed by atoms with Gasteiger partial charge in [0.15, 0.2) is 0 Å². The minimum atomic E-state index is -3.74. The first-order valence-corrected chi connectivity index (χ1v) is 6.98. The van der Waals surface area contributed by atoms with Crippen molar-refractivity contribution in [1.29, 1.82) is 0 Å². The Labute approximate surface area is 110 Å². The van der Waals surface area contributed by atoms with E-state index in [-0.39, 0.29) is 17.1 Å². The number of nitrogen functional groups attached to an aromatic ring is 1. The average Bonchev–Trinajstić information content (AvgIpc) is 2.81. The number of anilines is 1. The molecule has 8 heteroatoms. The summed E-state index contributed by atoms with van der Waals surface area (Å²) in [4.78, 5) is 3.72. The highest BCUT2D eigenvalue weighted by molar-refractivity contribution is 7.89. The maximum atomic E-state index is 12.9. The maximum Gasteiger partial charge on any atom is 0.242 e. The number of hydrogen-bond acceptors (Lipinski definition) is 4. The Morgan fingerprint density at radius 3 is 2.84 bits per heavy atom. The van der Waals surface area contributed by atoms with Gasteiger partial charge >= 0.3 is 0 Å². The minimum absolute atomic E-state index is 0.116. The van der Waals surface area contributed by atoms with Crippen molar-refractivity contribution in [3.63, 3.8) is 0 Å². The summed E-state index contributed by atoms with van der Waals surface area (Å²) in [7, 11) is -3.74. The van der Waals surface area contributed by atoms with Gasteiger partial charge in [0.2, 0.25) is 10.0 Å². The molecule has 1 aromatic heterocycles. The minimum Gasteiger partial charge on any atom is -0.398 e. The predicted octanol–water partition coefficient (Wildman–Crippen LogP) is 0.583. The van der Waals surface area contributed by atoms with Gasteiger partial charge in [0, 0.05) is 25.5 Å². The molecule has 0 aliphatic carbocycles. The molecular formula is C11H13FN4O2S. The van der Waals surface area contributed by atoms with E-state index in [4.69, 9.17) is 5.73 Å². The Morgan fingerprint density at radius 2 is 2.21 bits per heavy atom. The summed E-state index contributed by atoms with van der Waals surface area (Å²) in [6.45, 7) is 0.635. The van der Waals surface area contributed by atoms with Crippen LogP contribution in [0.25, 0.3) is 0 Å². The summed E-state index contributed by atoms with van der Waals surface area (Å²) in [5.41, 5.74) is 5.38. The zero-order valence-corrected chi connectivity index (χ0v) is 10.8. The van der Waals surface area contributed by atoms with Gasteiger partial charge in [-0.25, -0.2) is 22.5 Å². The van der Waals surface area contributed by atoms with Crippen LogP contribution in [-0.4, -0.2) is 24.5 Å². The first kappa shape index (κ1) is 13.5. The van der Waals surface area contributed by atoms with E-state index < -0.39 is 15.8 Å². The second kappa shape index (κ2) is 5.37. The van der Waals surface area contributed by atoms with E-state index >= 15 is 0 Å². The number of nitrogens with two attached hydrogens (primary N) is 1. The molecule has 0 unspecified atom stereocenters. The Bertz CT molecular complexity index is 655. The van der Waals surface area contributed by atoms with E-state index in [9.17, 15) is 12.8 Å². The van der Waals surface area contributed by atoms with Crippen molar-refractivity contribution < 1.29 is 12.8 Å². The van der Waals surface area contributed by atoms with Crippen molar-refractivity contribution in [2.45, 2.75) is 11.4 Å². The SMILES string of the molecule is Nc1cc(F)ccc1S(=O)(=O)NCCn1ccnc1. The number of benzene rings is 1. The largest absolute Gasteiger partial charge is 0.398 e. The summed E-state index contributed by atoms with van der Waals surface area (Å²) in [6, 6.07) is 3.18. The van der Waals surface area contributed by atoms with Gasteiger partial charge in [-0.2, -0.15) is 0 Å². The van der Waals surface area contributed by atoms with Crippen LogP contribution in [0.4, 0.5) is 10.1 Å². The predicted molar refractivity (Wildman–Crippen MR) is 68.2 cm³/mol. The number of rotatable bonds is 5. The molecule has 102 valence electrons. The molecule has 0 radical (unpaired) electrons.